The summed E-state index contributed by atoms with van der Waals surface area (Å²) in [6.07, 6.45) is -0.322. The van der Waals surface area contributed by atoms with Crippen molar-refractivity contribution in [2.75, 3.05) is 5.32 Å². The second-order valence-electron chi connectivity index (χ2n) is 4.72. The number of carbonyl (C=O) groups is 1. The van der Waals surface area contributed by atoms with Crippen LogP contribution in [0.15, 0.2) is 36.4 Å². The monoisotopic (exact) mass is 324 g/mol. The first-order valence-corrected chi connectivity index (χ1v) is 7.71. The van der Waals surface area contributed by atoms with Crippen LogP contribution in [-0.2, 0) is 4.79 Å². The van der Waals surface area contributed by atoms with Gasteiger partial charge >= 0.3 is 0 Å². The average Bonchev–Trinajstić information content (AvgIpc) is 2.83. The minimum absolute atomic E-state index is 0.150. The summed E-state index contributed by atoms with van der Waals surface area (Å²) in [4.78, 5) is 12.2. The van der Waals surface area contributed by atoms with Crippen LogP contribution in [0.3, 0.4) is 0 Å². The van der Waals surface area contributed by atoms with Crippen molar-refractivity contribution in [3.8, 4) is 5.75 Å². The summed E-state index contributed by atoms with van der Waals surface area (Å²) in [6, 6.07) is 10.8. The molecule has 1 amide bonds. The molecule has 2 atom stereocenters. The van der Waals surface area contributed by atoms with Crippen LogP contribution in [0.4, 0.5) is 5.69 Å². The van der Waals surface area contributed by atoms with Gasteiger partial charge in [0.25, 0.3) is 0 Å². The predicted molar refractivity (Wildman–Crippen MR) is 87.1 cm³/mol. The van der Waals surface area contributed by atoms with Gasteiger partial charge in [0, 0.05) is 17.8 Å². The molecule has 0 aliphatic rings. The molecular weight excluding hydrogens is 308 g/mol. The van der Waals surface area contributed by atoms with E-state index in [0.717, 1.165) is 4.88 Å². The van der Waals surface area contributed by atoms with Crippen LogP contribution < -0.4 is 15.8 Å². The van der Waals surface area contributed by atoms with Crippen LogP contribution in [0, 0.1) is 0 Å². The Kier molecular flexibility index (Phi) is 5.22. The normalized spacial score (nSPS) is 13.5. The maximum atomic E-state index is 11.3. The van der Waals surface area contributed by atoms with Crippen molar-refractivity contribution in [1.82, 2.24) is 0 Å². The van der Waals surface area contributed by atoms with Gasteiger partial charge in [0.1, 0.15) is 11.9 Å². The highest BCUT2D eigenvalue weighted by Crippen LogP contribution is 2.34. The smallest absolute Gasteiger partial charge is 0.221 e. The minimum atomic E-state index is -0.322. The van der Waals surface area contributed by atoms with Gasteiger partial charge in [-0.25, -0.2) is 0 Å². The molecule has 3 N–H and O–H groups in total. The van der Waals surface area contributed by atoms with Crippen LogP contribution >= 0.6 is 22.9 Å². The lowest BCUT2D eigenvalue weighted by molar-refractivity contribution is -0.114. The van der Waals surface area contributed by atoms with Crippen molar-refractivity contribution < 1.29 is 9.53 Å². The zero-order valence-electron chi connectivity index (χ0n) is 11.8. The van der Waals surface area contributed by atoms with Crippen LogP contribution in [0.2, 0.25) is 4.34 Å². The number of thiophene rings is 1. The molecule has 2 rings (SSSR count). The fraction of sp³-hybridized carbons (Fsp3) is 0.267. The first-order chi connectivity index (χ1) is 9.97. The molecule has 0 aliphatic carbocycles. The van der Waals surface area contributed by atoms with E-state index in [0.29, 0.717) is 15.8 Å². The second-order valence-corrected chi connectivity index (χ2v) is 6.46. The number of nitrogens with one attached hydrogen (secondary N) is 1. The fourth-order valence-electron chi connectivity index (χ4n) is 1.90. The van der Waals surface area contributed by atoms with Crippen LogP contribution in [0.1, 0.15) is 24.8 Å². The van der Waals surface area contributed by atoms with Crippen LogP contribution in [-0.4, -0.2) is 11.9 Å². The van der Waals surface area contributed by atoms with Gasteiger partial charge in [-0.15, -0.1) is 11.3 Å². The number of para-hydroxylation sites is 2. The predicted octanol–water partition coefficient (Wildman–Crippen LogP) is 3.83. The highest BCUT2D eigenvalue weighted by atomic mass is 35.5. The first-order valence-electron chi connectivity index (χ1n) is 6.51. The van der Waals surface area contributed by atoms with Crippen molar-refractivity contribution in [3.63, 3.8) is 0 Å². The molecule has 2 unspecified atom stereocenters. The number of halogens is 1. The number of rotatable bonds is 5. The summed E-state index contributed by atoms with van der Waals surface area (Å²) in [6.45, 7) is 3.33. The standard InChI is InChI=1S/C15H17ClN2O2S/c1-9(17)15(13-7-8-14(16)21-13)20-12-6-4-3-5-11(12)18-10(2)19/h3-9,15H,17H2,1-2H3,(H,18,19). The van der Waals surface area contributed by atoms with Gasteiger partial charge in [-0.05, 0) is 31.2 Å². The van der Waals surface area contributed by atoms with Crippen molar-refractivity contribution in [2.24, 2.45) is 5.73 Å². The van der Waals surface area contributed by atoms with E-state index >= 15 is 0 Å². The molecule has 4 nitrogen and oxygen atoms in total. The molecule has 6 heteroatoms. The first kappa shape index (κ1) is 15.8. The number of hydrogen-bond acceptors (Lipinski definition) is 4. The number of ether oxygens (including phenoxy) is 1. The average molecular weight is 325 g/mol. The fourth-order valence-corrected chi connectivity index (χ4v) is 3.11. The Labute approximate surface area is 132 Å². The third-order valence-corrected chi connectivity index (χ3v) is 4.10. The molecule has 0 saturated carbocycles. The third-order valence-electron chi connectivity index (χ3n) is 2.80. The summed E-state index contributed by atoms with van der Waals surface area (Å²) >= 11 is 7.41. The Morgan fingerprint density at radius 1 is 1.33 bits per heavy atom. The molecule has 2 aromatic rings. The zero-order chi connectivity index (χ0) is 15.4. The van der Waals surface area contributed by atoms with Gasteiger partial charge in [0.2, 0.25) is 5.91 Å². The number of amides is 1. The van der Waals surface area contributed by atoms with Gasteiger partial charge < -0.3 is 15.8 Å². The van der Waals surface area contributed by atoms with Gasteiger partial charge in [-0.2, -0.15) is 0 Å². The Morgan fingerprint density at radius 2 is 2.05 bits per heavy atom. The van der Waals surface area contributed by atoms with Gasteiger partial charge in [0.05, 0.1) is 10.0 Å². The van der Waals surface area contributed by atoms with E-state index in [1.807, 2.05) is 31.2 Å². The molecule has 0 saturated heterocycles. The van der Waals surface area contributed by atoms with Gasteiger partial charge in [0.15, 0.2) is 0 Å². The van der Waals surface area contributed by atoms with Crippen molar-refractivity contribution in [1.29, 1.82) is 0 Å². The summed E-state index contributed by atoms with van der Waals surface area (Å²) in [5, 5.41) is 2.75. The Bertz CT molecular complexity index is 628. The van der Waals surface area contributed by atoms with Crippen molar-refractivity contribution in [2.45, 2.75) is 26.0 Å². The van der Waals surface area contributed by atoms with E-state index < -0.39 is 0 Å². The molecular formula is C15H17ClN2O2S. The summed E-state index contributed by atoms with van der Waals surface area (Å²) < 4.78 is 6.71. The van der Waals surface area contributed by atoms with E-state index in [1.54, 1.807) is 12.1 Å². The molecule has 0 fully saturated rings. The molecule has 0 spiro atoms. The van der Waals surface area contributed by atoms with E-state index in [9.17, 15) is 4.79 Å². The molecule has 1 heterocycles. The van der Waals surface area contributed by atoms with Crippen molar-refractivity contribution in [3.05, 3.63) is 45.6 Å². The van der Waals surface area contributed by atoms with E-state index in [1.165, 1.54) is 18.3 Å². The lowest BCUT2D eigenvalue weighted by Crippen LogP contribution is -2.28. The molecule has 0 aliphatic heterocycles. The van der Waals surface area contributed by atoms with Crippen LogP contribution in [0.25, 0.3) is 0 Å². The molecule has 1 aromatic carbocycles. The topological polar surface area (TPSA) is 64.3 Å². The van der Waals surface area contributed by atoms with E-state index in [-0.39, 0.29) is 18.1 Å². The zero-order valence-corrected chi connectivity index (χ0v) is 13.4. The van der Waals surface area contributed by atoms with Gasteiger partial charge in [-0.3, -0.25) is 4.79 Å². The number of benzene rings is 1. The molecule has 0 bridgehead atoms. The van der Waals surface area contributed by atoms with E-state index in [4.69, 9.17) is 22.1 Å². The highest BCUT2D eigenvalue weighted by Gasteiger charge is 2.21. The molecule has 0 radical (unpaired) electrons. The number of hydrogen-bond donors (Lipinski definition) is 2. The van der Waals surface area contributed by atoms with Crippen LogP contribution in [0.5, 0.6) is 5.75 Å². The van der Waals surface area contributed by atoms with Crippen molar-refractivity contribution >= 4 is 34.5 Å². The lowest BCUT2D eigenvalue weighted by Gasteiger charge is -2.23. The lowest BCUT2D eigenvalue weighted by atomic mass is 10.1. The Hall–Kier alpha value is -1.56. The molecule has 1 aromatic heterocycles. The number of nitrogens with two attached hydrogens (primary N) is 1. The minimum Gasteiger partial charge on any atom is -0.481 e. The quantitative estimate of drug-likeness (QED) is 0.878. The molecule has 112 valence electrons. The Balaban J connectivity index is 2.27. The maximum Gasteiger partial charge on any atom is 0.221 e. The number of carbonyl (C=O) groups excluding carboxylic acids is 1. The number of anilines is 1. The summed E-state index contributed by atoms with van der Waals surface area (Å²) in [5.74, 6) is 0.432. The maximum absolute atomic E-state index is 11.3. The SMILES string of the molecule is CC(=O)Nc1ccccc1OC(c1ccc(Cl)s1)C(C)N. The Morgan fingerprint density at radius 3 is 2.62 bits per heavy atom. The van der Waals surface area contributed by atoms with Gasteiger partial charge in [-0.1, -0.05) is 23.7 Å². The highest BCUT2D eigenvalue weighted by molar-refractivity contribution is 7.16. The largest absolute Gasteiger partial charge is 0.481 e. The second kappa shape index (κ2) is 6.93. The molecule has 21 heavy (non-hydrogen) atoms. The third kappa shape index (κ3) is 4.20. The van der Waals surface area contributed by atoms with E-state index in [2.05, 4.69) is 5.32 Å². The summed E-state index contributed by atoms with van der Waals surface area (Å²) in [5.41, 5.74) is 6.65. The summed E-state index contributed by atoms with van der Waals surface area (Å²) in [7, 11) is 0.